The van der Waals surface area contributed by atoms with Crippen LogP contribution in [0, 0.1) is 0 Å². The summed E-state index contributed by atoms with van der Waals surface area (Å²) in [5.41, 5.74) is 1.45. The van der Waals surface area contributed by atoms with Gasteiger partial charge in [0.25, 0.3) is 5.91 Å². The molecule has 0 spiro atoms. The van der Waals surface area contributed by atoms with Gasteiger partial charge in [0.05, 0.1) is 31.3 Å². The SMILES string of the molecule is COc1ccc(C(CNC(=O)c2cccc(S(=O)(=O)N3CCOCC3)c2)N2CCCCC2)cc1. The second-order valence-electron chi connectivity index (χ2n) is 8.64. The van der Waals surface area contributed by atoms with Crippen LogP contribution >= 0.6 is 0 Å². The second kappa shape index (κ2) is 11.3. The van der Waals surface area contributed by atoms with Crippen LogP contribution in [0.4, 0.5) is 0 Å². The van der Waals surface area contributed by atoms with Gasteiger partial charge in [0, 0.05) is 25.2 Å². The molecule has 184 valence electrons. The number of amides is 1. The number of carbonyl (C=O) groups excluding carboxylic acids is 1. The third kappa shape index (κ3) is 5.78. The Balaban J connectivity index is 1.48. The number of likely N-dealkylation sites (tertiary alicyclic amines) is 1. The molecule has 1 unspecified atom stereocenters. The summed E-state index contributed by atoms with van der Waals surface area (Å²) in [7, 11) is -2.02. The summed E-state index contributed by atoms with van der Waals surface area (Å²) in [5.74, 6) is 0.512. The summed E-state index contributed by atoms with van der Waals surface area (Å²) in [6.07, 6.45) is 3.51. The highest BCUT2D eigenvalue weighted by atomic mass is 32.2. The lowest BCUT2D eigenvalue weighted by Gasteiger charge is -2.35. The van der Waals surface area contributed by atoms with E-state index in [2.05, 4.69) is 10.2 Å². The molecule has 34 heavy (non-hydrogen) atoms. The monoisotopic (exact) mass is 487 g/mol. The van der Waals surface area contributed by atoms with Crippen LogP contribution in [0.3, 0.4) is 0 Å². The van der Waals surface area contributed by atoms with Gasteiger partial charge in [0.2, 0.25) is 10.0 Å². The highest BCUT2D eigenvalue weighted by Gasteiger charge is 2.27. The molecule has 1 amide bonds. The van der Waals surface area contributed by atoms with Crippen LogP contribution in [0.25, 0.3) is 0 Å². The molecule has 2 aromatic carbocycles. The predicted octanol–water partition coefficient (Wildman–Crippen LogP) is 2.67. The summed E-state index contributed by atoms with van der Waals surface area (Å²) in [6, 6.07) is 14.3. The van der Waals surface area contributed by atoms with Crippen molar-refractivity contribution in [2.24, 2.45) is 0 Å². The van der Waals surface area contributed by atoms with Crippen LogP contribution < -0.4 is 10.1 Å². The van der Waals surface area contributed by atoms with E-state index in [1.807, 2.05) is 24.3 Å². The normalized spacial score (nSPS) is 18.9. The lowest BCUT2D eigenvalue weighted by atomic mass is 10.0. The van der Waals surface area contributed by atoms with E-state index in [4.69, 9.17) is 9.47 Å². The number of nitrogens with one attached hydrogen (secondary N) is 1. The van der Waals surface area contributed by atoms with E-state index >= 15 is 0 Å². The lowest BCUT2D eigenvalue weighted by Crippen LogP contribution is -2.41. The number of ether oxygens (including phenoxy) is 2. The summed E-state index contributed by atoms with van der Waals surface area (Å²) in [5, 5.41) is 3.04. The standard InChI is InChI=1S/C25H33N3O5S/c1-32-22-10-8-20(9-11-22)24(27-12-3-2-4-13-27)19-26-25(29)21-6-5-7-23(18-21)34(30,31)28-14-16-33-17-15-28/h5-11,18,24H,2-4,12-17,19H2,1H3,(H,26,29). The summed E-state index contributed by atoms with van der Waals surface area (Å²) >= 11 is 0. The largest absolute Gasteiger partial charge is 0.497 e. The lowest BCUT2D eigenvalue weighted by molar-refractivity contribution is 0.0730. The zero-order valence-electron chi connectivity index (χ0n) is 19.6. The number of carbonyl (C=O) groups is 1. The molecule has 0 bridgehead atoms. The number of rotatable bonds is 8. The van der Waals surface area contributed by atoms with E-state index in [1.165, 1.54) is 22.9 Å². The van der Waals surface area contributed by atoms with Crippen molar-refractivity contribution in [3.8, 4) is 5.75 Å². The van der Waals surface area contributed by atoms with Gasteiger partial charge in [0.15, 0.2) is 0 Å². The first-order valence-corrected chi connectivity index (χ1v) is 13.3. The van der Waals surface area contributed by atoms with Crippen molar-refractivity contribution in [2.75, 3.05) is 53.0 Å². The van der Waals surface area contributed by atoms with Gasteiger partial charge in [-0.25, -0.2) is 8.42 Å². The quantitative estimate of drug-likeness (QED) is 0.616. The molecule has 2 aliphatic heterocycles. The molecule has 0 saturated carbocycles. The topological polar surface area (TPSA) is 88.2 Å². The maximum absolute atomic E-state index is 13.0. The Labute approximate surface area is 201 Å². The van der Waals surface area contributed by atoms with Crippen LogP contribution in [-0.2, 0) is 14.8 Å². The van der Waals surface area contributed by atoms with Crippen molar-refractivity contribution < 1.29 is 22.7 Å². The fourth-order valence-corrected chi connectivity index (χ4v) is 5.99. The van der Waals surface area contributed by atoms with Crippen molar-refractivity contribution in [1.29, 1.82) is 0 Å². The molecule has 2 aromatic rings. The van der Waals surface area contributed by atoms with E-state index in [-0.39, 0.29) is 16.8 Å². The Morgan fingerprint density at radius 1 is 1.03 bits per heavy atom. The van der Waals surface area contributed by atoms with Gasteiger partial charge < -0.3 is 14.8 Å². The third-order valence-corrected chi connectivity index (χ3v) is 8.39. The second-order valence-corrected chi connectivity index (χ2v) is 10.6. The number of piperidine rings is 1. The van der Waals surface area contributed by atoms with Crippen molar-refractivity contribution in [3.05, 3.63) is 59.7 Å². The number of nitrogens with zero attached hydrogens (tertiary/aromatic N) is 2. The zero-order valence-corrected chi connectivity index (χ0v) is 20.4. The fraction of sp³-hybridized carbons (Fsp3) is 0.480. The van der Waals surface area contributed by atoms with Crippen molar-refractivity contribution in [2.45, 2.75) is 30.2 Å². The first kappa shape index (κ1) is 24.7. The summed E-state index contributed by atoms with van der Waals surface area (Å²) < 4.78 is 37.9. The Hall–Kier alpha value is -2.46. The molecule has 1 atom stereocenters. The minimum Gasteiger partial charge on any atom is -0.497 e. The molecule has 0 aliphatic carbocycles. The van der Waals surface area contributed by atoms with Crippen molar-refractivity contribution in [3.63, 3.8) is 0 Å². The minimum absolute atomic E-state index is 0.0374. The smallest absolute Gasteiger partial charge is 0.251 e. The van der Waals surface area contributed by atoms with E-state index in [9.17, 15) is 13.2 Å². The Kier molecular flexibility index (Phi) is 8.20. The van der Waals surface area contributed by atoms with Crippen LogP contribution in [0.5, 0.6) is 5.75 Å². The molecular weight excluding hydrogens is 454 g/mol. The molecule has 2 aliphatic rings. The Bertz CT molecular complexity index is 1060. The molecule has 2 fully saturated rings. The molecule has 0 radical (unpaired) electrons. The van der Waals surface area contributed by atoms with Gasteiger partial charge in [-0.15, -0.1) is 0 Å². The van der Waals surface area contributed by atoms with Gasteiger partial charge in [-0.05, 0) is 61.8 Å². The van der Waals surface area contributed by atoms with Crippen LogP contribution in [0.2, 0.25) is 0 Å². The van der Waals surface area contributed by atoms with Crippen molar-refractivity contribution >= 4 is 15.9 Å². The van der Waals surface area contributed by atoms with Gasteiger partial charge in [-0.3, -0.25) is 9.69 Å². The molecule has 9 heteroatoms. The molecular formula is C25H33N3O5S. The number of morpholine rings is 1. The summed E-state index contributed by atoms with van der Waals surface area (Å²) in [4.78, 5) is 15.6. The maximum Gasteiger partial charge on any atom is 0.251 e. The number of hydrogen-bond donors (Lipinski definition) is 1. The fourth-order valence-electron chi connectivity index (χ4n) is 4.54. The number of methoxy groups -OCH3 is 1. The van der Waals surface area contributed by atoms with E-state index in [1.54, 1.807) is 19.2 Å². The maximum atomic E-state index is 13.0. The number of sulfonamides is 1. The average molecular weight is 488 g/mol. The molecule has 4 rings (SSSR count). The third-order valence-electron chi connectivity index (χ3n) is 6.49. The summed E-state index contributed by atoms with van der Waals surface area (Å²) in [6.45, 7) is 3.80. The van der Waals surface area contributed by atoms with Gasteiger partial charge in [-0.1, -0.05) is 24.6 Å². The molecule has 1 N–H and O–H groups in total. The average Bonchev–Trinajstić information content (AvgIpc) is 2.90. The Morgan fingerprint density at radius 3 is 2.41 bits per heavy atom. The number of benzene rings is 2. The Morgan fingerprint density at radius 2 is 1.74 bits per heavy atom. The molecule has 0 aromatic heterocycles. The van der Waals surface area contributed by atoms with Gasteiger partial charge in [-0.2, -0.15) is 4.31 Å². The molecule has 2 heterocycles. The molecule has 2 saturated heterocycles. The van der Waals surface area contributed by atoms with Crippen LogP contribution in [0.15, 0.2) is 53.4 Å². The van der Waals surface area contributed by atoms with Crippen LogP contribution in [0.1, 0.15) is 41.2 Å². The highest BCUT2D eigenvalue weighted by molar-refractivity contribution is 7.89. The van der Waals surface area contributed by atoms with E-state index in [0.717, 1.165) is 37.2 Å². The minimum atomic E-state index is -3.66. The first-order chi connectivity index (χ1) is 16.5. The van der Waals surface area contributed by atoms with Crippen LogP contribution in [-0.4, -0.2) is 76.6 Å². The van der Waals surface area contributed by atoms with Crippen molar-refractivity contribution in [1.82, 2.24) is 14.5 Å². The van der Waals surface area contributed by atoms with E-state index in [0.29, 0.717) is 38.4 Å². The first-order valence-electron chi connectivity index (χ1n) is 11.8. The predicted molar refractivity (Wildman–Crippen MR) is 130 cm³/mol. The van der Waals surface area contributed by atoms with Gasteiger partial charge in [0.1, 0.15) is 5.75 Å². The highest BCUT2D eigenvalue weighted by Crippen LogP contribution is 2.26. The zero-order chi connectivity index (χ0) is 24.0. The number of hydrogen-bond acceptors (Lipinski definition) is 6. The molecule has 8 nitrogen and oxygen atoms in total. The van der Waals surface area contributed by atoms with E-state index < -0.39 is 10.0 Å². The van der Waals surface area contributed by atoms with Gasteiger partial charge >= 0.3 is 0 Å².